The van der Waals surface area contributed by atoms with Crippen LogP contribution in [0.4, 0.5) is 0 Å². The summed E-state index contributed by atoms with van der Waals surface area (Å²) in [5, 5.41) is 19.2. The van der Waals surface area contributed by atoms with Crippen molar-refractivity contribution in [2.75, 3.05) is 26.4 Å². The van der Waals surface area contributed by atoms with Gasteiger partial charge in [0.05, 0.1) is 26.4 Å². The molecule has 57 heavy (non-hydrogen) atoms. The topological polar surface area (TPSA) is 149 Å². The molecule has 0 saturated heterocycles. The first kappa shape index (κ1) is 54.4. The smallest absolute Gasteiger partial charge is 0.457 e. The molecule has 0 amide bonds. The average Bonchev–Trinajstić information content (AvgIpc) is 3.20. The van der Waals surface area contributed by atoms with Crippen LogP contribution >= 0.6 is 7.82 Å². The average molecular weight is 823 g/mol. The zero-order valence-corrected chi connectivity index (χ0v) is 36.4. The van der Waals surface area contributed by atoms with Crippen molar-refractivity contribution in [3.05, 3.63) is 72.9 Å². The molecule has 0 aliphatic carbocycles. The van der Waals surface area contributed by atoms with Crippen molar-refractivity contribution >= 4 is 19.8 Å². The minimum Gasteiger partial charge on any atom is -0.457 e. The lowest BCUT2D eigenvalue weighted by molar-refractivity contribution is -0.153. The van der Waals surface area contributed by atoms with E-state index in [0.717, 1.165) is 57.8 Å². The molecular weight excluding hydrogens is 743 g/mol. The molecule has 0 aromatic heterocycles. The Kier molecular flexibility index (Phi) is 39.7. The Balaban J connectivity index is 4.01. The Morgan fingerprint density at radius 3 is 1.28 bits per heavy atom. The van der Waals surface area contributed by atoms with Gasteiger partial charge in [-0.15, -0.1) is 0 Å². The summed E-state index contributed by atoms with van der Waals surface area (Å²) >= 11 is 0. The SMILES string of the molecule is CC/C=C\C/C=C\C/C=C\C/C=C\C/C=C\CCCC(=O)OC(CO)COP(=O)(O)OCC(CO)OC(=O)CCCCCCCCC/C=C\CCCCCCCC. The molecule has 3 N–H and O–H groups in total. The van der Waals surface area contributed by atoms with Gasteiger partial charge < -0.3 is 24.6 Å². The Morgan fingerprint density at radius 2 is 0.842 bits per heavy atom. The molecule has 0 saturated carbocycles. The Labute approximate surface area is 346 Å². The van der Waals surface area contributed by atoms with Crippen molar-refractivity contribution in [1.82, 2.24) is 0 Å². The molecule has 328 valence electrons. The molecule has 10 nitrogen and oxygen atoms in total. The number of unbranched alkanes of at least 4 members (excludes halogenated alkanes) is 14. The standard InChI is InChI=1S/C46H79O10P/c1-3-5-7-9-11-13-15-17-19-21-23-25-27-29-31-33-35-37-45(49)55-43(39-47)41-53-57(51,52)54-42-44(40-48)56-46(50)38-36-34-32-30-28-26-24-22-20-18-16-14-12-10-8-6-4-2/h5,7,11,13,17-20,23,25,29,31,43-44,47-48H,3-4,6,8-10,12,14-16,21-22,24,26-28,30,32-42H2,1-2H3,(H,51,52)/b7-5-,13-11-,19-17-,20-18-,25-23-,31-29-. The molecule has 0 spiro atoms. The van der Waals surface area contributed by atoms with E-state index in [1.807, 2.05) is 12.2 Å². The van der Waals surface area contributed by atoms with Gasteiger partial charge in [0.25, 0.3) is 0 Å². The highest BCUT2D eigenvalue weighted by atomic mass is 31.2. The highest BCUT2D eigenvalue weighted by Crippen LogP contribution is 2.43. The number of esters is 2. The van der Waals surface area contributed by atoms with Crippen molar-refractivity contribution < 1.29 is 47.8 Å². The molecular formula is C46H79O10P. The van der Waals surface area contributed by atoms with Crippen LogP contribution in [-0.4, -0.2) is 65.7 Å². The number of ether oxygens (including phenoxy) is 2. The second-order valence-corrected chi connectivity index (χ2v) is 15.7. The molecule has 0 aliphatic rings. The molecule has 0 aliphatic heterocycles. The third-order valence-electron chi connectivity index (χ3n) is 8.90. The maximum Gasteiger partial charge on any atom is 0.472 e. The lowest BCUT2D eigenvalue weighted by Crippen LogP contribution is -2.28. The maximum absolute atomic E-state index is 12.4. The van der Waals surface area contributed by atoms with E-state index < -0.39 is 58.4 Å². The Hall–Kier alpha value is -2.59. The fourth-order valence-corrected chi connectivity index (χ4v) is 6.34. The van der Waals surface area contributed by atoms with E-state index in [9.17, 15) is 29.3 Å². The zero-order valence-electron chi connectivity index (χ0n) is 35.5. The van der Waals surface area contributed by atoms with Crippen LogP contribution in [0.15, 0.2) is 72.9 Å². The molecule has 0 aromatic carbocycles. The van der Waals surface area contributed by atoms with E-state index >= 15 is 0 Å². The predicted octanol–water partition coefficient (Wildman–Crippen LogP) is 11.7. The van der Waals surface area contributed by atoms with Crippen LogP contribution in [0.25, 0.3) is 0 Å². The molecule has 0 heterocycles. The molecule has 11 heteroatoms. The van der Waals surface area contributed by atoms with E-state index in [4.69, 9.17) is 18.5 Å². The molecule has 3 atom stereocenters. The third-order valence-corrected chi connectivity index (χ3v) is 9.85. The first-order valence-corrected chi connectivity index (χ1v) is 23.4. The summed E-state index contributed by atoms with van der Waals surface area (Å²) in [5.74, 6) is -1.09. The van der Waals surface area contributed by atoms with Gasteiger partial charge >= 0.3 is 19.8 Å². The second kappa shape index (κ2) is 41.6. The third kappa shape index (κ3) is 40.0. The molecule has 0 fully saturated rings. The van der Waals surface area contributed by atoms with Crippen LogP contribution in [0, 0.1) is 0 Å². The van der Waals surface area contributed by atoms with Crippen LogP contribution in [0.2, 0.25) is 0 Å². The number of phosphoric ester groups is 1. The van der Waals surface area contributed by atoms with E-state index in [1.165, 1.54) is 64.2 Å². The summed E-state index contributed by atoms with van der Waals surface area (Å²) in [4.78, 5) is 34.5. The first-order chi connectivity index (χ1) is 27.8. The quantitative estimate of drug-likeness (QED) is 0.0236. The van der Waals surface area contributed by atoms with E-state index in [-0.39, 0.29) is 12.8 Å². The summed E-state index contributed by atoms with van der Waals surface area (Å²) in [6, 6.07) is 0. The minimum absolute atomic E-state index is 0.110. The summed E-state index contributed by atoms with van der Waals surface area (Å²) in [5.41, 5.74) is 0. The number of aliphatic hydroxyl groups is 2. The fourth-order valence-electron chi connectivity index (χ4n) is 5.56. The number of aliphatic hydroxyl groups excluding tert-OH is 2. The van der Waals surface area contributed by atoms with Crippen molar-refractivity contribution in [2.24, 2.45) is 0 Å². The maximum atomic E-state index is 12.4. The summed E-state index contributed by atoms with van der Waals surface area (Å²) in [7, 11) is -4.66. The summed E-state index contributed by atoms with van der Waals surface area (Å²) in [6.07, 6.45) is 47.4. The summed E-state index contributed by atoms with van der Waals surface area (Å²) in [6.45, 7) is 2.01. The lowest BCUT2D eigenvalue weighted by Gasteiger charge is -2.20. The number of allylic oxidation sites excluding steroid dienone is 12. The van der Waals surface area contributed by atoms with Crippen molar-refractivity contribution in [3.8, 4) is 0 Å². The number of carbonyl (C=O) groups excluding carboxylic acids is 2. The molecule has 3 unspecified atom stereocenters. The van der Waals surface area contributed by atoms with Crippen molar-refractivity contribution in [1.29, 1.82) is 0 Å². The van der Waals surface area contributed by atoms with Crippen LogP contribution in [0.3, 0.4) is 0 Å². The van der Waals surface area contributed by atoms with Crippen molar-refractivity contribution in [3.63, 3.8) is 0 Å². The van der Waals surface area contributed by atoms with E-state index in [2.05, 4.69) is 74.6 Å². The number of rotatable bonds is 40. The van der Waals surface area contributed by atoms with Gasteiger partial charge in [-0.2, -0.15) is 0 Å². The van der Waals surface area contributed by atoms with Gasteiger partial charge in [0.15, 0.2) is 0 Å². The Morgan fingerprint density at radius 1 is 0.491 bits per heavy atom. The number of carbonyl (C=O) groups is 2. The van der Waals surface area contributed by atoms with Crippen LogP contribution in [0.5, 0.6) is 0 Å². The summed E-state index contributed by atoms with van der Waals surface area (Å²) < 4.78 is 32.5. The van der Waals surface area contributed by atoms with Gasteiger partial charge in [0.1, 0.15) is 12.2 Å². The molecule has 0 rings (SSSR count). The van der Waals surface area contributed by atoms with Crippen molar-refractivity contribution in [2.45, 2.75) is 180 Å². The molecule has 0 bridgehead atoms. The van der Waals surface area contributed by atoms with Gasteiger partial charge in [-0.1, -0.05) is 151 Å². The first-order valence-electron chi connectivity index (χ1n) is 21.9. The molecule has 0 radical (unpaired) electrons. The van der Waals surface area contributed by atoms with Crippen LogP contribution < -0.4 is 0 Å². The van der Waals surface area contributed by atoms with E-state index in [1.54, 1.807) is 0 Å². The Bertz CT molecular complexity index is 1180. The van der Waals surface area contributed by atoms with Crippen LogP contribution in [-0.2, 0) is 32.7 Å². The highest BCUT2D eigenvalue weighted by molar-refractivity contribution is 7.47. The normalized spacial score (nSPS) is 14.5. The second-order valence-electron chi connectivity index (χ2n) is 14.3. The lowest BCUT2D eigenvalue weighted by atomic mass is 10.1. The van der Waals surface area contributed by atoms with Gasteiger partial charge in [-0.3, -0.25) is 18.6 Å². The zero-order chi connectivity index (χ0) is 41.9. The number of hydrogen-bond acceptors (Lipinski definition) is 9. The largest absolute Gasteiger partial charge is 0.472 e. The predicted molar refractivity (Wildman–Crippen MR) is 233 cm³/mol. The number of hydrogen-bond donors (Lipinski definition) is 3. The highest BCUT2D eigenvalue weighted by Gasteiger charge is 2.27. The monoisotopic (exact) mass is 823 g/mol. The van der Waals surface area contributed by atoms with Gasteiger partial charge in [0.2, 0.25) is 0 Å². The van der Waals surface area contributed by atoms with Gasteiger partial charge in [0, 0.05) is 12.8 Å². The fraction of sp³-hybridized carbons (Fsp3) is 0.696. The van der Waals surface area contributed by atoms with E-state index in [0.29, 0.717) is 19.3 Å². The minimum atomic E-state index is -4.66. The van der Waals surface area contributed by atoms with Gasteiger partial charge in [-0.25, -0.2) is 4.57 Å². The number of phosphoric acid groups is 1. The van der Waals surface area contributed by atoms with Gasteiger partial charge in [-0.05, 0) is 77.0 Å². The molecule has 0 aromatic rings. The van der Waals surface area contributed by atoms with Crippen LogP contribution in [0.1, 0.15) is 168 Å².